The van der Waals surface area contributed by atoms with Gasteiger partial charge in [-0.2, -0.15) is 13.2 Å². The van der Waals surface area contributed by atoms with Crippen molar-refractivity contribution in [3.63, 3.8) is 0 Å². The van der Waals surface area contributed by atoms with Gasteiger partial charge in [0.25, 0.3) is 0 Å². The van der Waals surface area contributed by atoms with Crippen LogP contribution in [0, 0.1) is 5.92 Å². The van der Waals surface area contributed by atoms with Crippen LogP contribution in [0.4, 0.5) is 13.2 Å². The Morgan fingerprint density at radius 2 is 1.85 bits per heavy atom. The smallest absolute Gasteiger partial charge is 0.406 e. The number of piperidine rings is 1. The summed E-state index contributed by atoms with van der Waals surface area (Å²) in [6.45, 7) is 3.02. The summed E-state index contributed by atoms with van der Waals surface area (Å²) in [6.07, 6.45) is -0.299. The number of halogens is 3. The van der Waals surface area contributed by atoms with Crippen LogP contribution in [0.3, 0.4) is 0 Å². The largest absolute Gasteiger partial charge is 0.494 e. The number of amides is 1. The molecule has 4 nitrogen and oxygen atoms in total. The summed E-state index contributed by atoms with van der Waals surface area (Å²) < 4.78 is 42.5. The molecule has 7 heteroatoms. The highest BCUT2D eigenvalue weighted by Crippen LogP contribution is 2.23. The van der Waals surface area contributed by atoms with E-state index in [0.717, 1.165) is 49.4 Å². The lowest BCUT2D eigenvalue weighted by atomic mass is 9.90. The van der Waals surface area contributed by atoms with E-state index in [0.29, 0.717) is 12.5 Å². The fourth-order valence-corrected chi connectivity index (χ4v) is 3.39. The maximum absolute atomic E-state index is 12.4. The maximum Gasteiger partial charge on any atom is 0.406 e. The fourth-order valence-electron chi connectivity index (χ4n) is 3.39. The first kappa shape index (κ1) is 21.5. The number of aryl methyl sites for hydroxylation is 1. The molecule has 1 fully saturated rings. The lowest BCUT2D eigenvalue weighted by Crippen LogP contribution is -2.44. The van der Waals surface area contributed by atoms with Crippen LogP contribution < -0.4 is 4.74 Å². The Hall–Kier alpha value is -1.76. The minimum atomic E-state index is -4.35. The Morgan fingerprint density at radius 1 is 1.22 bits per heavy atom. The van der Waals surface area contributed by atoms with Crippen LogP contribution in [-0.4, -0.2) is 61.7 Å². The van der Waals surface area contributed by atoms with Crippen molar-refractivity contribution in [3.8, 4) is 5.75 Å². The Morgan fingerprint density at radius 3 is 2.41 bits per heavy atom. The number of ether oxygens (including phenoxy) is 1. The molecule has 1 saturated heterocycles. The van der Waals surface area contributed by atoms with Gasteiger partial charge < -0.3 is 9.64 Å². The van der Waals surface area contributed by atoms with Gasteiger partial charge in [0.05, 0.1) is 13.2 Å². The quantitative estimate of drug-likeness (QED) is 0.682. The van der Waals surface area contributed by atoms with E-state index in [9.17, 15) is 18.0 Å². The van der Waals surface area contributed by atoms with E-state index in [1.165, 1.54) is 12.6 Å². The van der Waals surface area contributed by atoms with E-state index in [1.807, 2.05) is 24.0 Å². The first-order chi connectivity index (χ1) is 12.8. The van der Waals surface area contributed by atoms with Crippen molar-refractivity contribution < 1.29 is 22.7 Å². The molecule has 0 radical (unpaired) electrons. The Kier molecular flexibility index (Phi) is 7.95. The zero-order chi connectivity index (χ0) is 19.9. The summed E-state index contributed by atoms with van der Waals surface area (Å²) in [4.78, 5) is 14.7. The average molecular weight is 386 g/mol. The Balaban J connectivity index is 1.68. The highest BCUT2D eigenvalue weighted by molar-refractivity contribution is 5.78. The van der Waals surface area contributed by atoms with Crippen molar-refractivity contribution >= 4 is 5.91 Å². The van der Waals surface area contributed by atoms with Crippen LogP contribution in [0.1, 0.15) is 31.7 Å². The van der Waals surface area contributed by atoms with Gasteiger partial charge in [-0.3, -0.25) is 9.69 Å². The zero-order valence-electron chi connectivity index (χ0n) is 16.1. The van der Waals surface area contributed by atoms with Gasteiger partial charge in [0.2, 0.25) is 5.91 Å². The normalized spacial score (nSPS) is 16.3. The standard InChI is InChI=1S/C20H29F3N2O2/c1-3-27-18-8-6-16(7-9-18)4-5-17-10-12-25(13-11-17)14-19(26)24(2)15-20(21,22)23/h6-9,17H,3-5,10-15H2,1-2H3. The minimum absolute atomic E-state index is 0.0676. The van der Waals surface area contributed by atoms with E-state index in [2.05, 4.69) is 12.1 Å². The third kappa shape index (κ3) is 7.79. The lowest BCUT2D eigenvalue weighted by Gasteiger charge is -2.32. The van der Waals surface area contributed by atoms with Gasteiger partial charge in [-0.15, -0.1) is 0 Å². The summed E-state index contributed by atoms with van der Waals surface area (Å²) in [6, 6.07) is 8.17. The van der Waals surface area contributed by atoms with Crippen molar-refractivity contribution in [2.75, 3.05) is 39.8 Å². The van der Waals surface area contributed by atoms with Crippen molar-refractivity contribution in [2.45, 2.75) is 38.8 Å². The molecule has 0 aromatic heterocycles. The van der Waals surface area contributed by atoms with Gasteiger partial charge in [-0.1, -0.05) is 12.1 Å². The summed E-state index contributed by atoms with van der Waals surface area (Å²) in [5, 5.41) is 0. The highest BCUT2D eigenvalue weighted by atomic mass is 19.4. The third-order valence-electron chi connectivity index (χ3n) is 4.98. The predicted molar refractivity (Wildman–Crippen MR) is 98.8 cm³/mol. The van der Waals surface area contributed by atoms with Crippen LogP contribution in [0.5, 0.6) is 5.75 Å². The molecule has 0 unspecified atom stereocenters. The number of likely N-dealkylation sites (N-methyl/N-ethyl adjacent to an activating group) is 1. The number of carbonyl (C=O) groups is 1. The van der Waals surface area contributed by atoms with Crippen LogP contribution in [0.25, 0.3) is 0 Å². The SMILES string of the molecule is CCOc1ccc(CCC2CCN(CC(=O)N(C)CC(F)(F)F)CC2)cc1. The van der Waals surface area contributed by atoms with E-state index in [4.69, 9.17) is 4.74 Å². The molecule has 0 saturated carbocycles. The molecule has 0 bridgehead atoms. The minimum Gasteiger partial charge on any atom is -0.494 e. The lowest BCUT2D eigenvalue weighted by molar-refractivity contribution is -0.159. The molecule has 1 aliphatic rings. The maximum atomic E-state index is 12.4. The molecule has 0 atom stereocenters. The van der Waals surface area contributed by atoms with Gasteiger partial charge in [0.1, 0.15) is 12.3 Å². The van der Waals surface area contributed by atoms with Gasteiger partial charge in [0.15, 0.2) is 0 Å². The summed E-state index contributed by atoms with van der Waals surface area (Å²) in [7, 11) is 1.21. The molecular weight excluding hydrogens is 357 g/mol. The van der Waals surface area contributed by atoms with E-state index in [1.54, 1.807) is 0 Å². The summed E-state index contributed by atoms with van der Waals surface area (Å²) in [5.74, 6) is 1.01. The number of rotatable bonds is 8. The molecule has 2 rings (SSSR count). The van der Waals surface area contributed by atoms with Crippen molar-refractivity contribution in [2.24, 2.45) is 5.92 Å². The molecule has 1 heterocycles. The van der Waals surface area contributed by atoms with E-state index < -0.39 is 18.6 Å². The van der Waals surface area contributed by atoms with Crippen LogP contribution in [0.2, 0.25) is 0 Å². The van der Waals surface area contributed by atoms with Crippen LogP contribution in [-0.2, 0) is 11.2 Å². The number of alkyl halides is 3. The monoisotopic (exact) mass is 386 g/mol. The third-order valence-corrected chi connectivity index (χ3v) is 4.98. The number of hydrogen-bond acceptors (Lipinski definition) is 3. The second-order valence-corrected chi connectivity index (χ2v) is 7.20. The number of likely N-dealkylation sites (tertiary alicyclic amines) is 1. The first-order valence-corrected chi connectivity index (χ1v) is 9.51. The molecule has 0 aliphatic carbocycles. The second-order valence-electron chi connectivity index (χ2n) is 7.20. The molecule has 1 aliphatic heterocycles. The topological polar surface area (TPSA) is 32.8 Å². The molecule has 1 aromatic rings. The van der Waals surface area contributed by atoms with Gasteiger partial charge in [-0.05, 0) is 69.3 Å². The molecular formula is C20H29F3N2O2. The molecule has 0 spiro atoms. The number of carbonyl (C=O) groups excluding carboxylic acids is 1. The molecule has 27 heavy (non-hydrogen) atoms. The fraction of sp³-hybridized carbons (Fsp3) is 0.650. The van der Waals surface area contributed by atoms with Crippen molar-refractivity contribution in [1.29, 1.82) is 0 Å². The van der Waals surface area contributed by atoms with E-state index >= 15 is 0 Å². The summed E-state index contributed by atoms with van der Waals surface area (Å²) >= 11 is 0. The Bertz CT molecular complexity index is 582. The molecule has 1 aromatic carbocycles. The van der Waals surface area contributed by atoms with Gasteiger partial charge in [-0.25, -0.2) is 0 Å². The number of hydrogen-bond donors (Lipinski definition) is 0. The first-order valence-electron chi connectivity index (χ1n) is 9.51. The predicted octanol–water partition coefficient (Wildman–Crippen LogP) is 3.75. The second kappa shape index (κ2) is 9.97. The molecule has 0 N–H and O–H groups in total. The highest BCUT2D eigenvalue weighted by Gasteiger charge is 2.32. The van der Waals surface area contributed by atoms with Gasteiger partial charge >= 0.3 is 6.18 Å². The van der Waals surface area contributed by atoms with Crippen LogP contribution >= 0.6 is 0 Å². The molecule has 1 amide bonds. The number of benzene rings is 1. The summed E-state index contributed by atoms with van der Waals surface area (Å²) in [5.41, 5.74) is 1.28. The average Bonchev–Trinajstić information content (AvgIpc) is 2.61. The van der Waals surface area contributed by atoms with Gasteiger partial charge in [0, 0.05) is 7.05 Å². The molecule has 152 valence electrons. The van der Waals surface area contributed by atoms with Crippen LogP contribution in [0.15, 0.2) is 24.3 Å². The van der Waals surface area contributed by atoms with Crippen molar-refractivity contribution in [1.82, 2.24) is 9.80 Å². The Labute approximate surface area is 159 Å². The zero-order valence-corrected chi connectivity index (χ0v) is 16.1. The van der Waals surface area contributed by atoms with E-state index in [-0.39, 0.29) is 6.54 Å². The number of nitrogens with zero attached hydrogens (tertiary/aromatic N) is 2. The van der Waals surface area contributed by atoms with Crippen molar-refractivity contribution in [3.05, 3.63) is 29.8 Å².